The van der Waals surface area contributed by atoms with Crippen LogP contribution in [0.1, 0.15) is 35.9 Å². The summed E-state index contributed by atoms with van der Waals surface area (Å²) in [5.74, 6) is -0.391. The molecule has 92 valence electrons. The van der Waals surface area contributed by atoms with Crippen LogP contribution in [0.15, 0.2) is 36.4 Å². The van der Waals surface area contributed by atoms with Crippen LogP contribution in [0.5, 0.6) is 0 Å². The fourth-order valence-corrected chi connectivity index (χ4v) is 1.49. The Labute approximate surface area is 102 Å². The van der Waals surface area contributed by atoms with Crippen LogP contribution >= 0.6 is 0 Å². The van der Waals surface area contributed by atoms with Crippen LogP contribution < -0.4 is 0 Å². The summed E-state index contributed by atoms with van der Waals surface area (Å²) in [6.45, 7) is 7.63. The number of carbonyl (C=O) groups is 1. The number of benzene rings is 1. The van der Waals surface area contributed by atoms with E-state index in [1.54, 1.807) is 24.3 Å². The van der Waals surface area contributed by atoms with Gasteiger partial charge in [0.15, 0.2) is 0 Å². The maximum Gasteiger partial charge on any atom is 0.337 e. The van der Waals surface area contributed by atoms with E-state index in [4.69, 9.17) is 0 Å². The first-order chi connectivity index (χ1) is 7.97. The van der Waals surface area contributed by atoms with Crippen LogP contribution in [-0.4, -0.2) is 18.2 Å². The molecule has 0 aliphatic heterocycles. The summed E-state index contributed by atoms with van der Waals surface area (Å²) >= 11 is 0. The lowest BCUT2D eigenvalue weighted by Crippen LogP contribution is -2.10. The minimum Gasteiger partial charge on any atom is -0.465 e. The summed E-state index contributed by atoms with van der Waals surface area (Å²) in [5, 5.41) is 10.1. The van der Waals surface area contributed by atoms with E-state index in [1.807, 2.05) is 13.8 Å². The average molecular weight is 234 g/mol. The molecule has 0 spiro atoms. The van der Waals surface area contributed by atoms with Gasteiger partial charge in [-0.3, -0.25) is 0 Å². The highest BCUT2D eigenvalue weighted by atomic mass is 16.5. The van der Waals surface area contributed by atoms with E-state index in [-0.39, 0.29) is 11.9 Å². The fraction of sp³-hybridized carbons (Fsp3) is 0.357. The number of aliphatic hydroxyl groups excluding tert-OH is 1. The first-order valence-corrected chi connectivity index (χ1v) is 5.49. The number of carbonyl (C=O) groups excluding carboxylic acids is 1. The predicted molar refractivity (Wildman–Crippen MR) is 66.7 cm³/mol. The highest BCUT2D eigenvalue weighted by Crippen LogP contribution is 2.26. The van der Waals surface area contributed by atoms with Gasteiger partial charge in [0.25, 0.3) is 0 Å². The maximum atomic E-state index is 11.2. The van der Waals surface area contributed by atoms with Gasteiger partial charge < -0.3 is 9.84 Å². The standard InChI is InChI=1S/C14H18O3/c1-9(2)10(3)13(15)11-5-7-12(8-6-11)14(16)17-4/h5-8,10,13,15H,1H2,2-4H3/t10-,13-/m1/s1. The summed E-state index contributed by atoms with van der Waals surface area (Å²) in [7, 11) is 1.34. The van der Waals surface area contributed by atoms with Gasteiger partial charge in [0.1, 0.15) is 0 Å². The lowest BCUT2D eigenvalue weighted by molar-refractivity contribution is 0.0600. The molecule has 1 N–H and O–H groups in total. The molecule has 3 heteroatoms. The van der Waals surface area contributed by atoms with Gasteiger partial charge in [-0.15, -0.1) is 0 Å². The van der Waals surface area contributed by atoms with Gasteiger partial charge in [-0.05, 0) is 24.6 Å². The van der Waals surface area contributed by atoms with Gasteiger partial charge in [-0.1, -0.05) is 31.2 Å². The van der Waals surface area contributed by atoms with E-state index in [0.29, 0.717) is 5.56 Å². The summed E-state index contributed by atoms with van der Waals surface area (Å²) in [4.78, 5) is 11.2. The quantitative estimate of drug-likeness (QED) is 0.643. The Morgan fingerprint density at radius 2 is 1.88 bits per heavy atom. The molecule has 1 aromatic rings. The Hall–Kier alpha value is -1.61. The van der Waals surface area contributed by atoms with E-state index >= 15 is 0 Å². The third-order valence-electron chi connectivity index (χ3n) is 2.92. The van der Waals surface area contributed by atoms with Crippen molar-refractivity contribution in [2.45, 2.75) is 20.0 Å². The second-order valence-electron chi connectivity index (χ2n) is 4.19. The number of esters is 1. The van der Waals surface area contributed by atoms with Crippen molar-refractivity contribution in [2.24, 2.45) is 5.92 Å². The molecule has 0 bridgehead atoms. The molecule has 0 aliphatic carbocycles. The number of hydrogen-bond acceptors (Lipinski definition) is 3. The number of methoxy groups -OCH3 is 1. The Morgan fingerprint density at radius 1 is 1.35 bits per heavy atom. The normalized spacial score (nSPS) is 13.9. The van der Waals surface area contributed by atoms with Crippen molar-refractivity contribution in [2.75, 3.05) is 7.11 Å². The molecule has 0 aliphatic rings. The summed E-state index contributed by atoms with van der Waals surface area (Å²) in [5.41, 5.74) is 2.18. The molecule has 0 saturated carbocycles. The van der Waals surface area contributed by atoms with E-state index in [0.717, 1.165) is 11.1 Å². The molecule has 2 atom stereocenters. The van der Waals surface area contributed by atoms with Gasteiger partial charge in [0.05, 0.1) is 18.8 Å². The molecule has 0 heterocycles. The van der Waals surface area contributed by atoms with E-state index in [2.05, 4.69) is 11.3 Å². The van der Waals surface area contributed by atoms with Crippen molar-refractivity contribution in [3.05, 3.63) is 47.5 Å². The van der Waals surface area contributed by atoms with Crippen LogP contribution in [0.25, 0.3) is 0 Å². The van der Waals surface area contributed by atoms with Crippen molar-refractivity contribution in [1.82, 2.24) is 0 Å². The predicted octanol–water partition coefficient (Wildman–Crippen LogP) is 2.72. The van der Waals surface area contributed by atoms with Crippen molar-refractivity contribution in [3.63, 3.8) is 0 Å². The smallest absolute Gasteiger partial charge is 0.337 e. The molecule has 1 rings (SSSR count). The first-order valence-electron chi connectivity index (χ1n) is 5.49. The molecule has 3 nitrogen and oxygen atoms in total. The van der Waals surface area contributed by atoms with Crippen LogP contribution in [0.3, 0.4) is 0 Å². The largest absolute Gasteiger partial charge is 0.465 e. The third kappa shape index (κ3) is 3.17. The Bertz CT molecular complexity index is 406. The van der Waals surface area contributed by atoms with Crippen LogP contribution in [0.2, 0.25) is 0 Å². The molecule has 0 aromatic heterocycles. The highest BCUT2D eigenvalue weighted by molar-refractivity contribution is 5.89. The summed E-state index contributed by atoms with van der Waals surface area (Å²) in [6.07, 6.45) is -0.598. The molecule has 0 saturated heterocycles. The zero-order chi connectivity index (χ0) is 13.0. The zero-order valence-corrected chi connectivity index (χ0v) is 10.4. The molecule has 0 amide bonds. The molecule has 1 aromatic carbocycles. The van der Waals surface area contributed by atoms with E-state index in [9.17, 15) is 9.90 Å². The molecule has 0 radical (unpaired) electrons. The first kappa shape index (κ1) is 13.5. The zero-order valence-electron chi connectivity index (χ0n) is 10.4. The maximum absolute atomic E-state index is 11.2. The lowest BCUT2D eigenvalue weighted by Gasteiger charge is -2.19. The monoisotopic (exact) mass is 234 g/mol. The SMILES string of the molecule is C=C(C)[C@@H](C)[C@@H](O)c1ccc(C(=O)OC)cc1. The minimum atomic E-state index is -0.598. The Balaban J connectivity index is 2.87. The van der Waals surface area contributed by atoms with Gasteiger partial charge in [0, 0.05) is 5.92 Å². The number of rotatable bonds is 4. The summed E-state index contributed by atoms with van der Waals surface area (Å²) < 4.78 is 4.61. The van der Waals surface area contributed by atoms with E-state index in [1.165, 1.54) is 7.11 Å². The lowest BCUT2D eigenvalue weighted by atomic mass is 9.92. The average Bonchev–Trinajstić information content (AvgIpc) is 2.36. The molecule has 0 unspecified atom stereocenters. The van der Waals surface area contributed by atoms with Crippen molar-refractivity contribution < 1.29 is 14.6 Å². The topological polar surface area (TPSA) is 46.5 Å². The number of aliphatic hydroxyl groups is 1. The molecule has 0 fully saturated rings. The van der Waals surface area contributed by atoms with Gasteiger partial charge >= 0.3 is 5.97 Å². The van der Waals surface area contributed by atoms with Crippen LogP contribution in [-0.2, 0) is 4.74 Å². The third-order valence-corrected chi connectivity index (χ3v) is 2.92. The van der Waals surface area contributed by atoms with Gasteiger partial charge in [0.2, 0.25) is 0 Å². The Kier molecular flexibility index (Phi) is 4.46. The van der Waals surface area contributed by atoms with Crippen molar-refractivity contribution in [1.29, 1.82) is 0 Å². The Morgan fingerprint density at radius 3 is 2.29 bits per heavy atom. The highest BCUT2D eigenvalue weighted by Gasteiger charge is 2.17. The number of hydrogen-bond donors (Lipinski definition) is 1. The van der Waals surface area contributed by atoms with Crippen LogP contribution in [0.4, 0.5) is 0 Å². The van der Waals surface area contributed by atoms with Gasteiger partial charge in [-0.2, -0.15) is 0 Å². The van der Waals surface area contributed by atoms with Gasteiger partial charge in [-0.25, -0.2) is 4.79 Å². The van der Waals surface area contributed by atoms with Crippen LogP contribution in [0, 0.1) is 5.92 Å². The second-order valence-corrected chi connectivity index (χ2v) is 4.19. The van der Waals surface area contributed by atoms with Crippen molar-refractivity contribution >= 4 is 5.97 Å². The second kappa shape index (κ2) is 5.64. The fourth-order valence-electron chi connectivity index (χ4n) is 1.49. The number of ether oxygens (including phenoxy) is 1. The van der Waals surface area contributed by atoms with E-state index < -0.39 is 6.10 Å². The molecular formula is C14H18O3. The molecule has 17 heavy (non-hydrogen) atoms. The summed E-state index contributed by atoms with van der Waals surface area (Å²) in [6, 6.07) is 6.76. The van der Waals surface area contributed by atoms with Crippen molar-refractivity contribution in [3.8, 4) is 0 Å². The molecular weight excluding hydrogens is 216 g/mol. The minimum absolute atomic E-state index is 0.0148.